The van der Waals surface area contributed by atoms with Crippen molar-refractivity contribution in [2.45, 2.75) is 45.1 Å². The molecule has 0 amide bonds. The van der Waals surface area contributed by atoms with Gasteiger partial charge in [-0.25, -0.2) is 10.0 Å². The molecule has 0 unspecified atom stereocenters. The van der Waals surface area contributed by atoms with Gasteiger partial charge in [-0.15, -0.1) is 0 Å². The molecule has 4 saturated carbocycles. The number of hydrogen-bond donors (Lipinski definition) is 0. The quantitative estimate of drug-likeness (QED) is 0.677. The van der Waals surface area contributed by atoms with Crippen LogP contribution in [0.25, 0.3) is 0 Å². The lowest BCUT2D eigenvalue weighted by Crippen LogP contribution is -2.58. The highest BCUT2D eigenvalue weighted by Crippen LogP contribution is 2.54. The molecule has 0 N–H and O–H groups in total. The summed E-state index contributed by atoms with van der Waals surface area (Å²) < 4.78 is 0. The lowest BCUT2D eigenvalue weighted by Gasteiger charge is -2.57. The van der Waals surface area contributed by atoms with Crippen molar-refractivity contribution in [1.82, 2.24) is 10.0 Å². The molecule has 0 heterocycles. The fourth-order valence-electron chi connectivity index (χ4n) is 4.96. The van der Waals surface area contributed by atoms with E-state index in [2.05, 4.69) is 31.0 Å². The summed E-state index contributed by atoms with van der Waals surface area (Å²) in [5.41, 5.74) is 0. The fraction of sp³-hybridized carbons (Fsp3) is 1.00. The summed E-state index contributed by atoms with van der Waals surface area (Å²) >= 11 is 0. The van der Waals surface area contributed by atoms with E-state index < -0.39 is 0 Å². The first-order valence-electron chi connectivity index (χ1n) is 7.13. The van der Waals surface area contributed by atoms with Crippen LogP contribution < -0.4 is 0 Å². The molecule has 2 nitrogen and oxygen atoms in total. The maximum absolute atomic E-state index is 2.56. The zero-order valence-corrected chi connectivity index (χ0v) is 11.0. The average Bonchev–Trinajstić information content (AvgIpc) is 2.26. The van der Waals surface area contributed by atoms with Crippen LogP contribution >= 0.6 is 0 Å². The molecular weight excluding hydrogens is 196 g/mol. The van der Waals surface area contributed by atoms with Crippen molar-refractivity contribution in [3.05, 3.63) is 0 Å². The molecule has 0 spiro atoms. The minimum absolute atomic E-state index is 0.859. The maximum atomic E-state index is 2.56. The standard InChI is InChI=1S/C14H26N2/c1-4-15(2)16(3)14-12-6-10-5-11(8-12)9-13(14)7-10/h10-14H,4-9H2,1-3H3. The van der Waals surface area contributed by atoms with Gasteiger partial charge < -0.3 is 0 Å². The van der Waals surface area contributed by atoms with Crippen LogP contribution in [0.1, 0.15) is 39.0 Å². The molecule has 4 aliphatic carbocycles. The first kappa shape index (κ1) is 11.0. The second-order valence-corrected chi connectivity index (χ2v) is 6.47. The summed E-state index contributed by atoms with van der Waals surface area (Å²) in [5.74, 6) is 4.21. The Labute approximate surface area is 100.0 Å². The molecule has 2 heteroatoms. The van der Waals surface area contributed by atoms with Crippen LogP contribution in [-0.4, -0.2) is 36.7 Å². The molecule has 0 aromatic carbocycles. The summed E-state index contributed by atoms with van der Waals surface area (Å²) in [6, 6.07) is 0.859. The van der Waals surface area contributed by atoms with Gasteiger partial charge in [0.1, 0.15) is 0 Å². The lowest BCUT2D eigenvalue weighted by molar-refractivity contribution is -0.126. The smallest absolute Gasteiger partial charge is 0.0299 e. The number of nitrogens with zero attached hydrogens (tertiary/aromatic N) is 2. The zero-order valence-electron chi connectivity index (χ0n) is 11.0. The van der Waals surface area contributed by atoms with Gasteiger partial charge in [0.25, 0.3) is 0 Å². The van der Waals surface area contributed by atoms with Crippen LogP contribution in [0.4, 0.5) is 0 Å². The van der Waals surface area contributed by atoms with Gasteiger partial charge in [-0.2, -0.15) is 0 Å². The van der Waals surface area contributed by atoms with Crippen molar-refractivity contribution in [2.75, 3.05) is 20.6 Å². The third-order valence-corrected chi connectivity index (χ3v) is 5.60. The molecular formula is C14H26N2. The molecule has 92 valence electrons. The van der Waals surface area contributed by atoms with E-state index in [-0.39, 0.29) is 0 Å². The fourth-order valence-corrected chi connectivity index (χ4v) is 4.96. The second-order valence-electron chi connectivity index (χ2n) is 6.47. The van der Waals surface area contributed by atoms with Crippen molar-refractivity contribution >= 4 is 0 Å². The minimum Gasteiger partial charge on any atom is -0.245 e. The van der Waals surface area contributed by atoms with E-state index in [0.717, 1.165) is 36.3 Å². The van der Waals surface area contributed by atoms with Crippen LogP contribution in [0.5, 0.6) is 0 Å². The number of hydrogen-bond acceptors (Lipinski definition) is 2. The lowest BCUT2D eigenvalue weighted by atomic mass is 9.54. The van der Waals surface area contributed by atoms with E-state index >= 15 is 0 Å². The van der Waals surface area contributed by atoms with Gasteiger partial charge in [-0.1, -0.05) is 6.92 Å². The second kappa shape index (κ2) is 3.99. The summed E-state index contributed by atoms with van der Waals surface area (Å²) in [6.45, 7) is 3.39. The largest absolute Gasteiger partial charge is 0.245 e. The molecule has 0 aromatic rings. The summed E-state index contributed by atoms with van der Waals surface area (Å²) in [5, 5.41) is 4.97. The topological polar surface area (TPSA) is 6.48 Å². The normalized spacial score (nSPS) is 45.9. The average molecular weight is 222 g/mol. The molecule has 0 saturated heterocycles. The highest BCUT2D eigenvalue weighted by molar-refractivity contribution is 5.01. The summed E-state index contributed by atoms with van der Waals surface area (Å²) in [4.78, 5) is 0. The highest BCUT2D eigenvalue weighted by atomic mass is 15.6. The summed E-state index contributed by atoms with van der Waals surface area (Å²) in [7, 11) is 4.56. The van der Waals surface area contributed by atoms with Gasteiger partial charge >= 0.3 is 0 Å². The Morgan fingerprint density at radius 1 is 0.875 bits per heavy atom. The van der Waals surface area contributed by atoms with Gasteiger partial charge in [-0.05, 0) is 55.8 Å². The van der Waals surface area contributed by atoms with E-state index in [1.54, 1.807) is 6.42 Å². The van der Waals surface area contributed by atoms with Crippen LogP contribution in [0.3, 0.4) is 0 Å². The van der Waals surface area contributed by atoms with Crippen molar-refractivity contribution in [1.29, 1.82) is 0 Å². The van der Waals surface area contributed by atoms with E-state index in [1.807, 2.05) is 0 Å². The van der Waals surface area contributed by atoms with Crippen LogP contribution in [0, 0.1) is 23.7 Å². The third-order valence-electron chi connectivity index (χ3n) is 5.60. The number of hydrazine groups is 1. The molecule has 4 aliphatic rings. The van der Waals surface area contributed by atoms with E-state index in [0.29, 0.717) is 0 Å². The van der Waals surface area contributed by atoms with Gasteiger partial charge in [0.2, 0.25) is 0 Å². The van der Waals surface area contributed by atoms with Gasteiger partial charge in [0.15, 0.2) is 0 Å². The van der Waals surface area contributed by atoms with E-state index in [9.17, 15) is 0 Å². The number of rotatable bonds is 3. The Morgan fingerprint density at radius 3 is 1.81 bits per heavy atom. The molecule has 0 atom stereocenters. The van der Waals surface area contributed by atoms with Crippen molar-refractivity contribution < 1.29 is 0 Å². The third kappa shape index (κ3) is 1.62. The van der Waals surface area contributed by atoms with Crippen molar-refractivity contribution in [3.63, 3.8) is 0 Å². The Morgan fingerprint density at radius 2 is 1.38 bits per heavy atom. The van der Waals surface area contributed by atoms with Crippen LogP contribution in [0.2, 0.25) is 0 Å². The predicted molar refractivity (Wildman–Crippen MR) is 66.9 cm³/mol. The molecule has 0 aliphatic heterocycles. The van der Waals surface area contributed by atoms with Gasteiger partial charge in [-0.3, -0.25) is 0 Å². The zero-order chi connectivity index (χ0) is 11.3. The monoisotopic (exact) mass is 222 g/mol. The molecule has 4 rings (SSSR count). The molecule has 0 radical (unpaired) electrons. The molecule has 16 heavy (non-hydrogen) atoms. The van der Waals surface area contributed by atoms with Crippen LogP contribution in [0.15, 0.2) is 0 Å². The molecule has 0 aromatic heterocycles. The minimum atomic E-state index is 0.859. The Hall–Kier alpha value is -0.0800. The maximum Gasteiger partial charge on any atom is 0.0299 e. The van der Waals surface area contributed by atoms with Crippen LogP contribution in [-0.2, 0) is 0 Å². The first-order valence-corrected chi connectivity index (χ1v) is 7.13. The van der Waals surface area contributed by atoms with E-state index in [1.165, 1.54) is 25.7 Å². The first-order chi connectivity index (χ1) is 7.69. The molecule has 4 bridgehead atoms. The Kier molecular flexibility index (Phi) is 2.75. The summed E-state index contributed by atoms with van der Waals surface area (Å²) in [6.07, 6.45) is 7.67. The van der Waals surface area contributed by atoms with Gasteiger partial charge in [0, 0.05) is 26.7 Å². The predicted octanol–water partition coefficient (Wildman–Crippen LogP) is 2.61. The molecule has 4 fully saturated rings. The SMILES string of the molecule is CCN(C)N(C)C1C2CC3CC(C2)CC1C3. The van der Waals surface area contributed by atoms with Gasteiger partial charge in [0.05, 0.1) is 0 Å². The van der Waals surface area contributed by atoms with Crippen molar-refractivity contribution in [3.8, 4) is 0 Å². The van der Waals surface area contributed by atoms with E-state index in [4.69, 9.17) is 0 Å². The highest BCUT2D eigenvalue weighted by Gasteiger charge is 2.49. The Balaban J connectivity index is 1.76. The Bertz CT molecular complexity index is 233. The van der Waals surface area contributed by atoms with Crippen molar-refractivity contribution in [2.24, 2.45) is 23.7 Å².